The van der Waals surface area contributed by atoms with Gasteiger partial charge in [-0.25, -0.2) is 0 Å². The molecule has 1 aliphatic heterocycles. The lowest BCUT2D eigenvalue weighted by molar-refractivity contribution is 0.107. The smallest absolute Gasteiger partial charge is 0.0982 e. The molecule has 1 unspecified atom stereocenters. The van der Waals surface area contributed by atoms with Crippen LogP contribution >= 0.6 is 0 Å². The van der Waals surface area contributed by atoms with Crippen molar-refractivity contribution in [2.75, 3.05) is 6.61 Å². The molecule has 2 heteroatoms. The van der Waals surface area contributed by atoms with Crippen LogP contribution in [0.25, 0.3) is 0 Å². The number of rotatable bonds is 9. The van der Waals surface area contributed by atoms with Crippen LogP contribution in [0.5, 0.6) is 0 Å². The van der Waals surface area contributed by atoms with Crippen LogP contribution in [0.15, 0.2) is 152 Å². The first-order valence-electron chi connectivity index (χ1n) is 13.0. The quantitative estimate of drug-likeness (QED) is 0.159. The molecule has 0 N–H and O–H groups in total. The van der Waals surface area contributed by atoms with E-state index >= 15 is 0 Å². The second-order valence-corrected chi connectivity index (χ2v) is 9.64. The van der Waals surface area contributed by atoms with Gasteiger partial charge in [-0.15, -0.1) is 0 Å². The van der Waals surface area contributed by atoms with Crippen molar-refractivity contribution in [1.29, 1.82) is 0 Å². The van der Waals surface area contributed by atoms with Gasteiger partial charge in [-0.05, 0) is 27.8 Å². The van der Waals surface area contributed by atoms with E-state index in [9.17, 15) is 0 Å². The largest absolute Gasteiger partial charge is 0.375 e. The van der Waals surface area contributed by atoms with Crippen molar-refractivity contribution < 1.29 is 4.74 Å². The van der Waals surface area contributed by atoms with Crippen LogP contribution in [0.1, 0.15) is 33.9 Å². The third kappa shape index (κ3) is 4.51. The summed E-state index contributed by atoms with van der Waals surface area (Å²) in [5, 5.41) is 0. The Bertz CT molecular complexity index is 1290. The van der Waals surface area contributed by atoms with Crippen LogP contribution in [0, 0.1) is 0 Å². The zero-order valence-corrected chi connectivity index (χ0v) is 20.9. The van der Waals surface area contributed by atoms with Gasteiger partial charge in [0, 0.05) is 0 Å². The number of hydrogen-bond donors (Lipinski definition) is 0. The molecule has 1 heterocycles. The van der Waals surface area contributed by atoms with Gasteiger partial charge in [-0.1, -0.05) is 152 Å². The second-order valence-electron chi connectivity index (χ2n) is 9.64. The van der Waals surface area contributed by atoms with Crippen molar-refractivity contribution in [1.82, 2.24) is 4.90 Å². The van der Waals surface area contributed by atoms with E-state index in [1.165, 1.54) is 27.8 Å². The number of hydrogen-bond acceptors (Lipinski definition) is 2. The van der Waals surface area contributed by atoms with Gasteiger partial charge < -0.3 is 4.74 Å². The molecule has 5 aromatic carbocycles. The van der Waals surface area contributed by atoms with Crippen LogP contribution in [0.2, 0.25) is 0 Å². The molecule has 0 amide bonds. The van der Waals surface area contributed by atoms with E-state index in [0.717, 1.165) is 0 Å². The molecule has 6 rings (SSSR count). The highest BCUT2D eigenvalue weighted by Gasteiger charge is 2.60. The fraction of sp³-hybridized carbons (Fsp3) is 0.143. The summed E-state index contributed by atoms with van der Waals surface area (Å²) in [6, 6.07) is 54.6. The Balaban J connectivity index is 1.48. The van der Waals surface area contributed by atoms with Gasteiger partial charge in [0.2, 0.25) is 0 Å². The van der Waals surface area contributed by atoms with Gasteiger partial charge in [-0.2, -0.15) is 0 Å². The highest BCUT2D eigenvalue weighted by atomic mass is 16.5. The van der Waals surface area contributed by atoms with Gasteiger partial charge in [0.05, 0.1) is 30.8 Å². The first kappa shape index (κ1) is 23.4. The molecule has 0 saturated carbocycles. The minimum absolute atomic E-state index is 0.228. The maximum atomic E-state index is 6.39. The zero-order valence-electron chi connectivity index (χ0n) is 20.9. The van der Waals surface area contributed by atoms with Crippen LogP contribution in [-0.2, 0) is 16.9 Å². The summed E-state index contributed by atoms with van der Waals surface area (Å²) in [5.41, 5.74) is 5.86. The average Bonchev–Trinajstić information content (AvgIpc) is 3.70. The average molecular weight is 482 g/mol. The minimum Gasteiger partial charge on any atom is -0.375 e. The zero-order chi connectivity index (χ0) is 24.9. The highest BCUT2D eigenvalue weighted by Crippen LogP contribution is 2.57. The van der Waals surface area contributed by atoms with E-state index in [0.29, 0.717) is 13.2 Å². The SMILES string of the molecule is c1ccc(COC[C@H]2[C@@H](c3ccccc3)N2C(c2ccccc2)(c2ccccc2)c2ccccc2)cc1. The molecule has 5 aromatic rings. The molecule has 0 radical (unpaired) electrons. The second kappa shape index (κ2) is 10.6. The molecule has 0 aliphatic carbocycles. The number of nitrogens with zero attached hydrogens (tertiary/aromatic N) is 1. The van der Waals surface area contributed by atoms with Crippen molar-refractivity contribution >= 4 is 0 Å². The summed E-state index contributed by atoms with van der Waals surface area (Å²) in [4.78, 5) is 2.66. The Morgan fingerprint density at radius 1 is 0.514 bits per heavy atom. The molecule has 1 saturated heterocycles. The van der Waals surface area contributed by atoms with Crippen molar-refractivity contribution in [2.24, 2.45) is 0 Å². The molecule has 3 atom stereocenters. The molecule has 0 aromatic heterocycles. The Kier molecular flexibility index (Phi) is 6.68. The van der Waals surface area contributed by atoms with Crippen LogP contribution in [0.4, 0.5) is 0 Å². The number of benzene rings is 5. The molecule has 182 valence electrons. The predicted molar refractivity (Wildman–Crippen MR) is 150 cm³/mol. The lowest BCUT2D eigenvalue weighted by Crippen LogP contribution is -2.39. The van der Waals surface area contributed by atoms with E-state index in [1.807, 2.05) is 6.07 Å². The van der Waals surface area contributed by atoms with Gasteiger partial charge >= 0.3 is 0 Å². The number of ether oxygens (including phenoxy) is 1. The molecule has 0 spiro atoms. The van der Waals surface area contributed by atoms with Crippen molar-refractivity contribution in [3.05, 3.63) is 179 Å². The summed E-state index contributed by atoms with van der Waals surface area (Å²) in [7, 11) is 0. The summed E-state index contributed by atoms with van der Waals surface area (Å²) in [5.74, 6) is 0. The maximum absolute atomic E-state index is 6.39. The van der Waals surface area contributed by atoms with E-state index in [4.69, 9.17) is 4.74 Å². The molecule has 1 fully saturated rings. The standard InChI is InChI=1S/C35H31NO/c1-6-16-28(17-7-1)26-37-27-33-34(29-18-8-2-9-19-29)36(33)35(30-20-10-3-11-21-30,31-22-12-4-13-23-31)32-24-14-5-15-25-32/h1-25,33-34H,26-27H2/t33-,34+,36?/m0/s1. The van der Waals surface area contributed by atoms with E-state index in [2.05, 4.69) is 150 Å². The van der Waals surface area contributed by atoms with E-state index in [-0.39, 0.29) is 12.1 Å². The molecule has 1 aliphatic rings. The van der Waals surface area contributed by atoms with Crippen molar-refractivity contribution in [3.8, 4) is 0 Å². The van der Waals surface area contributed by atoms with Crippen molar-refractivity contribution in [2.45, 2.75) is 24.2 Å². The summed E-state index contributed by atoms with van der Waals surface area (Å²) < 4.78 is 6.39. The Hall–Kier alpha value is -3.98. The third-order valence-corrected chi connectivity index (χ3v) is 7.43. The maximum Gasteiger partial charge on any atom is 0.0982 e. The van der Waals surface area contributed by atoms with E-state index < -0.39 is 5.54 Å². The van der Waals surface area contributed by atoms with Crippen molar-refractivity contribution in [3.63, 3.8) is 0 Å². The lowest BCUT2D eigenvalue weighted by atomic mass is 9.76. The van der Waals surface area contributed by atoms with Crippen LogP contribution in [0.3, 0.4) is 0 Å². The lowest BCUT2D eigenvalue weighted by Gasteiger charge is -2.39. The fourth-order valence-corrected chi connectivity index (χ4v) is 5.80. The first-order valence-corrected chi connectivity index (χ1v) is 13.0. The normalized spacial score (nSPS) is 18.9. The van der Waals surface area contributed by atoms with Gasteiger partial charge in [0.15, 0.2) is 0 Å². The Morgan fingerprint density at radius 3 is 1.38 bits per heavy atom. The third-order valence-electron chi connectivity index (χ3n) is 7.43. The summed E-state index contributed by atoms with van der Waals surface area (Å²) >= 11 is 0. The van der Waals surface area contributed by atoms with Gasteiger partial charge in [0.25, 0.3) is 0 Å². The van der Waals surface area contributed by atoms with Gasteiger partial charge in [0.1, 0.15) is 0 Å². The first-order chi connectivity index (χ1) is 18.4. The molecule has 2 nitrogen and oxygen atoms in total. The van der Waals surface area contributed by atoms with Crippen LogP contribution < -0.4 is 0 Å². The van der Waals surface area contributed by atoms with Gasteiger partial charge in [-0.3, -0.25) is 4.90 Å². The Labute approximate surface area is 219 Å². The monoisotopic (exact) mass is 481 g/mol. The summed E-state index contributed by atoms with van der Waals surface area (Å²) in [6.07, 6.45) is 0. The highest BCUT2D eigenvalue weighted by molar-refractivity contribution is 5.52. The summed E-state index contributed by atoms with van der Waals surface area (Å²) in [6.45, 7) is 1.27. The molecular weight excluding hydrogens is 450 g/mol. The van der Waals surface area contributed by atoms with E-state index in [1.54, 1.807) is 0 Å². The molecule has 37 heavy (non-hydrogen) atoms. The predicted octanol–water partition coefficient (Wildman–Crippen LogP) is 7.62. The minimum atomic E-state index is -0.453. The molecule has 0 bridgehead atoms. The topological polar surface area (TPSA) is 12.2 Å². The molecular formula is C35H31NO. The fourth-order valence-electron chi connectivity index (χ4n) is 5.80. The van der Waals surface area contributed by atoms with Crippen LogP contribution in [-0.4, -0.2) is 17.5 Å². The Morgan fingerprint density at radius 2 is 0.919 bits per heavy atom.